The first-order chi connectivity index (χ1) is 7.15. The largest absolute Gasteiger partial charge is 0.487 e. The average molecular weight is 250 g/mol. The minimum Gasteiger partial charge on any atom is -0.487 e. The fourth-order valence-corrected chi connectivity index (χ4v) is 1.64. The predicted octanol–water partition coefficient (Wildman–Crippen LogP) is 2.99. The molecule has 0 bridgehead atoms. The van der Waals surface area contributed by atoms with Gasteiger partial charge in [-0.1, -0.05) is 23.2 Å². The molecule has 0 saturated heterocycles. The summed E-state index contributed by atoms with van der Waals surface area (Å²) in [5.41, 5.74) is 6.14. The van der Waals surface area contributed by atoms with Gasteiger partial charge in [-0.05, 0) is 19.1 Å². The molecule has 0 spiro atoms. The van der Waals surface area contributed by atoms with E-state index >= 15 is 0 Å². The van der Waals surface area contributed by atoms with E-state index in [1.165, 1.54) is 0 Å². The molecule has 0 heterocycles. The Kier molecular flexibility index (Phi) is 5.02. The molecule has 0 saturated carbocycles. The Morgan fingerprint density at radius 2 is 2.00 bits per heavy atom. The molecule has 1 rings (SSSR count). The van der Waals surface area contributed by atoms with Crippen molar-refractivity contribution in [3.63, 3.8) is 0 Å². The van der Waals surface area contributed by atoms with Gasteiger partial charge in [-0.2, -0.15) is 0 Å². The van der Waals surface area contributed by atoms with Crippen molar-refractivity contribution in [1.82, 2.24) is 0 Å². The molecule has 0 aliphatic rings. The molecule has 84 valence electrons. The Labute approximate surface area is 99.1 Å². The van der Waals surface area contributed by atoms with Crippen molar-refractivity contribution in [2.45, 2.75) is 6.92 Å². The predicted molar refractivity (Wildman–Crippen MR) is 62.9 cm³/mol. The normalized spacial score (nSPS) is 10.3. The lowest BCUT2D eigenvalue weighted by Crippen LogP contribution is -2.07. The van der Waals surface area contributed by atoms with Gasteiger partial charge in [0.1, 0.15) is 6.61 Å². The summed E-state index contributed by atoms with van der Waals surface area (Å²) in [5, 5.41) is 0.908. The summed E-state index contributed by atoms with van der Waals surface area (Å²) >= 11 is 11.7. The Bertz CT molecular complexity index is 308. The van der Waals surface area contributed by atoms with Crippen LogP contribution in [0.5, 0.6) is 5.75 Å². The molecular formula is C10H13Cl2NO2. The van der Waals surface area contributed by atoms with Crippen molar-refractivity contribution < 1.29 is 9.47 Å². The van der Waals surface area contributed by atoms with E-state index in [1.807, 2.05) is 6.92 Å². The highest BCUT2D eigenvalue weighted by atomic mass is 35.5. The lowest BCUT2D eigenvalue weighted by atomic mass is 10.3. The van der Waals surface area contributed by atoms with E-state index in [2.05, 4.69) is 0 Å². The van der Waals surface area contributed by atoms with Gasteiger partial charge in [0, 0.05) is 11.6 Å². The van der Waals surface area contributed by atoms with E-state index in [9.17, 15) is 0 Å². The Morgan fingerprint density at radius 3 is 2.60 bits per heavy atom. The van der Waals surface area contributed by atoms with Crippen LogP contribution in [0.25, 0.3) is 0 Å². The van der Waals surface area contributed by atoms with Crippen LogP contribution in [0.1, 0.15) is 6.92 Å². The van der Waals surface area contributed by atoms with Gasteiger partial charge in [-0.25, -0.2) is 0 Å². The zero-order chi connectivity index (χ0) is 11.3. The summed E-state index contributed by atoms with van der Waals surface area (Å²) < 4.78 is 10.5. The molecule has 1 aromatic rings. The maximum atomic E-state index is 5.92. The van der Waals surface area contributed by atoms with Crippen LogP contribution >= 0.6 is 23.2 Å². The molecular weight excluding hydrogens is 237 g/mol. The summed E-state index contributed by atoms with van der Waals surface area (Å²) in [7, 11) is 0. The lowest BCUT2D eigenvalue weighted by molar-refractivity contribution is 0.110. The van der Waals surface area contributed by atoms with E-state index in [0.29, 0.717) is 41.3 Å². The topological polar surface area (TPSA) is 44.5 Å². The summed E-state index contributed by atoms with van der Waals surface area (Å²) in [5.74, 6) is 0.459. The second kappa shape index (κ2) is 6.05. The van der Waals surface area contributed by atoms with Gasteiger partial charge < -0.3 is 15.2 Å². The van der Waals surface area contributed by atoms with E-state index in [1.54, 1.807) is 12.1 Å². The van der Waals surface area contributed by atoms with E-state index in [0.717, 1.165) is 0 Å². The van der Waals surface area contributed by atoms with Gasteiger partial charge in [0.25, 0.3) is 0 Å². The van der Waals surface area contributed by atoms with Gasteiger partial charge in [-0.15, -0.1) is 0 Å². The van der Waals surface area contributed by atoms with Gasteiger partial charge in [0.15, 0.2) is 5.75 Å². The molecule has 15 heavy (non-hydrogen) atoms. The first-order valence-electron chi connectivity index (χ1n) is 4.60. The van der Waals surface area contributed by atoms with Gasteiger partial charge in [0.2, 0.25) is 0 Å². The smallest absolute Gasteiger partial charge is 0.160 e. The molecule has 0 aromatic heterocycles. The van der Waals surface area contributed by atoms with Gasteiger partial charge >= 0.3 is 0 Å². The van der Waals surface area contributed by atoms with Crippen LogP contribution in [0.3, 0.4) is 0 Å². The van der Waals surface area contributed by atoms with Crippen LogP contribution in [0, 0.1) is 0 Å². The van der Waals surface area contributed by atoms with E-state index in [4.69, 9.17) is 38.4 Å². The lowest BCUT2D eigenvalue weighted by Gasteiger charge is -2.10. The molecule has 0 unspecified atom stereocenters. The number of anilines is 1. The third-order valence-electron chi connectivity index (χ3n) is 1.72. The molecule has 0 aliphatic heterocycles. The quantitative estimate of drug-likeness (QED) is 0.645. The Morgan fingerprint density at radius 1 is 1.27 bits per heavy atom. The molecule has 1 aromatic carbocycles. The average Bonchev–Trinajstić information content (AvgIpc) is 2.15. The highest BCUT2D eigenvalue weighted by Gasteiger charge is 2.07. The Hall–Kier alpha value is -0.640. The maximum Gasteiger partial charge on any atom is 0.160 e. The van der Waals surface area contributed by atoms with Crippen molar-refractivity contribution in [1.29, 1.82) is 0 Å². The summed E-state index contributed by atoms with van der Waals surface area (Å²) in [4.78, 5) is 0. The number of ether oxygens (including phenoxy) is 2. The number of nitrogens with two attached hydrogens (primary N) is 1. The van der Waals surface area contributed by atoms with Crippen LogP contribution in [-0.4, -0.2) is 19.8 Å². The molecule has 3 nitrogen and oxygen atoms in total. The maximum absolute atomic E-state index is 5.92. The molecule has 0 amide bonds. The SMILES string of the molecule is CCOCCOc1c(N)cc(Cl)cc1Cl. The van der Waals surface area contributed by atoms with Crippen LogP contribution in [0.15, 0.2) is 12.1 Å². The molecule has 0 atom stereocenters. The van der Waals surface area contributed by atoms with E-state index < -0.39 is 0 Å². The highest BCUT2D eigenvalue weighted by Crippen LogP contribution is 2.34. The number of hydrogen-bond donors (Lipinski definition) is 1. The summed E-state index contributed by atoms with van der Waals surface area (Å²) in [6.07, 6.45) is 0. The minimum atomic E-state index is 0.413. The zero-order valence-electron chi connectivity index (χ0n) is 8.43. The highest BCUT2D eigenvalue weighted by molar-refractivity contribution is 6.36. The molecule has 0 aliphatic carbocycles. The number of rotatable bonds is 5. The molecule has 0 fully saturated rings. The van der Waals surface area contributed by atoms with Crippen molar-refractivity contribution in [2.75, 3.05) is 25.6 Å². The first-order valence-corrected chi connectivity index (χ1v) is 5.35. The van der Waals surface area contributed by atoms with Crippen LogP contribution < -0.4 is 10.5 Å². The fourth-order valence-electron chi connectivity index (χ4n) is 1.08. The van der Waals surface area contributed by atoms with Gasteiger partial charge in [-0.3, -0.25) is 0 Å². The zero-order valence-corrected chi connectivity index (χ0v) is 9.94. The second-order valence-corrected chi connectivity index (χ2v) is 3.69. The van der Waals surface area contributed by atoms with E-state index in [-0.39, 0.29) is 0 Å². The third kappa shape index (κ3) is 3.78. The monoisotopic (exact) mass is 249 g/mol. The summed E-state index contributed by atoms with van der Waals surface area (Å²) in [6.45, 7) is 3.51. The van der Waals surface area contributed by atoms with Crippen LogP contribution in [0.2, 0.25) is 10.0 Å². The van der Waals surface area contributed by atoms with Crippen LogP contribution in [-0.2, 0) is 4.74 Å². The second-order valence-electron chi connectivity index (χ2n) is 2.85. The molecule has 5 heteroatoms. The summed E-state index contributed by atoms with van der Waals surface area (Å²) in [6, 6.07) is 3.19. The fraction of sp³-hybridized carbons (Fsp3) is 0.400. The number of benzene rings is 1. The first kappa shape index (κ1) is 12.4. The standard InChI is InChI=1S/C10H13Cl2NO2/c1-2-14-3-4-15-10-8(12)5-7(11)6-9(10)13/h5-6H,2-4,13H2,1H3. The molecule has 2 N–H and O–H groups in total. The Balaban J connectivity index is 2.60. The van der Waals surface area contributed by atoms with Crippen LogP contribution in [0.4, 0.5) is 5.69 Å². The van der Waals surface area contributed by atoms with Crippen molar-refractivity contribution >= 4 is 28.9 Å². The van der Waals surface area contributed by atoms with Gasteiger partial charge in [0.05, 0.1) is 17.3 Å². The number of hydrogen-bond acceptors (Lipinski definition) is 3. The third-order valence-corrected chi connectivity index (χ3v) is 2.21. The molecule has 0 radical (unpaired) electrons. The number of nitrogen functional groups attached to an aromatic ring is 1. The van der Waals surface area contributed by atoms with Crippen molar-refractivity contribution in [3.05, 3.63) is 22.2 Å². The minimum absolute atomic E-state index is 0.413. The van der Waals surface area contributed by atoms with Crippen molar-refractivity contribution in [3.8, 4) is 5.75 Å². The number of halogens is 2. The van der Waals surface area contributed by atoms with Crippen molar-refractivity contribution in [2.24, 2.45) is 0 Å².